The summed E-state index contributed by atoms with van der Waals surface area (Å²) in [5, 5.41) is 11.9. The summed E-state index contributed by atoms with van der Waals surface area (Å²) in [6.45, 7) is 14.2. The van der Waals surface area contributed by atoms with Gasteiger partial charge < -0.3 is 23.7 Å². The smallest absolute Gasteiger partial charge is 0.341 e. The van der Waals surface area contributed by atoms with E-state index in [1.807, 2.05) is 11.9 Å². The minimum absolute atomic E-state index is 0.0420. The van der Waals surface area contributed by atoms with E-state index in [-0.39, 0.29) is 35.3 Å². The molecule has 0 radical (unpaired) electrons. The van der Waals surface area contributed by atoms with Crippen molar-refractivity contribution >= 4 is 25.7 Å². The van der Waals surface area contributed by atoms with Crippen molar-refractivity contribution in [3.63, 3.8) is 0 Å². The lowest BCUT2D eigenvalue weighted by molar-refractivity contribution is -0.385. The molecular weight excluding hydrogens is 418 g/mol. The van der Waals surface area contributed by atoms with Crippen LogP contribution in [-0.2, 0) is 9.16 Å². The van der Waals surface area contributed by atoms with Gasteiger partial charge in [0.1, 0.15) is 12.2 Å². The van der Waals surface area contributed by atoms with Crippen molar-refractivity contribution in [3.05, 3.63) is 27.8 Å². The highest BCUT2D eigenvalue weighted by Gasteiger charge is 2.37. The Bertz CT molecular complexity index is 801. The molecular formula is C21H35N3O6Si. The van der Waals surface area contributed by atoms with E-state index in [2.05, 4.69) is 38.8 Å². The number of rotatable bonds is 8. The molecule has 1 aliphatic heterocycles. The number of benzene rings is 1. The number of ether oxygens (including phenoxy) is 2. The van der Waals surface area contributed by atoms with Crippen molar-refractivity contribution in [1.29, 1.82) is 0 Å². The van der Waals surface area contributed by atoms with E-state index >= 15 is 0 Å². The van der Waals surface area contributed by atoms with Gasteiger partial charge in [0.15, 0.2) is 8.32 Å². The quantitative estimate of drug-likeness (QED) is 0.194. The Morgan fingerprint density at radius 3 is 2.29 bits per heavy atom. The second-order valence-electron chi connectivity index (χ2n) is 9.34. The van der Waals surface area contributed by atoms with Crippen molar-refractivity contribution < 1.29 is 23.6 Å². The van der Waals surface area contributed by atoms with Crippen LogP contribution in [0.5, 0.6) is 5.75 Å². The maximum atomic E-state index is 12.4. The van der Waals surface area contributed by atoms with E-state index in [1.54, 1.807) is 6.07 Å². The fourth-order valence-electron chi connectivity index (χ4n) is 3.05. The van der Waals surface area contributed by atoms with Gasteiger partial charge in [-0.05, 0) is 31.2 Å². The molecule has 2 rings (SSSR count). The summed E-state index contributed by atoms with van der Waals surface area (Å²) in [5.41, 5.74) is 0.423. The van der Waals surface area contributed by atoms with Crippen molar-refractivity contribution in [1.82, 2.24) is 4.90 Å². The number of anilines is 1. The van der Waals surface area contributed by atoms with Crippen LogP contribution in [0.4, 0.5) is 11.4 Å². The van der Waals surface area contributed by atoms with Crippen molar-refractivity contribution in [2.75, 3.05) is 58.5 Å². The second kappa shape index (κ2) is 9.97. The van der Waals surface area contributed by atoms with Gasteiger partial charge in [-0.1, -0.05) is 20.8 Å². The highest BCUT2D eigenvalue weighted by atomic mass is 28.4. The maximum Gasteiger partial charge on any atom is 0.341 e. The molecule has 1 aromatic carbocycles. The summed E-state index contributed by atoms with van der Waals surface area (Å²) in [4.78, 5) is 28.0. The standard InChI is InChI=1S/C21H35N3O6Si/c1-21(2,3)31(6,7)30-13-12-29-19-17(20(25)28-5)14-16(15-18(19)24(26)27)23-10-8-22(4)9-11-23/h14-15H,8-13H2,1-7H3. The minimum atomic E-state index is -1.97. The molecule has 0 atom stereocenters. The lowest BCUT2D eigenvalue weighted by Crippen LogP contribution is -2.44. The molecule has 0 saturated carbocycles. The average molecular weight is 454 g/mol. The zero-order chi connectivity index (χ0) is 23.4. The molecule has 0 aliphatic carbocycles. The molecule has 0 N–H and O–H groups in total. The first-order chi connectivity index (χ1) is 14.4. The van der Waals surface area contributed by atoms with E-state index in [0.29, 0.717) is 5.69 Å². The molecule has 0 aromatic heterocycles. The van der Waals surface area contributed by atoms with E-state index in [0.717, 1.165) is 26.2 Å². The number of nitrogens with zero attached hydrogens (tertiary/aromatic N) is 3. The molecule has 0 amide bonds. The van der Waals surface area contributed by atoms with Gasteiger partial charge in [0, 0.05) is 37.9 Å². The molecule has 174 valence electrons. The van der Waals surface area contributed by atoms with E-state index in [1.165, 1.54) is 13.2 Å². The Morgan fingerprint density at radius 1 is 1.16 bits per heavy atom. The minimum Gasteiger partial charge on any atom is -0.484 e. The number of nitro groups is 1. The molecule has 0 unspecified atom stereocenters. The SMILES string of the molecule is COC(=O)c1cc(N2CCN(C)CC2)cc([N+](=O)[O-])c1OCCO[Si](C)(C)C(C)(C)C. The summed E-state index contributed by atoms with van der Waals surface area (Å²) in [6.07, 6.45) is 0. The Morgan fingerprint density at radius 2 is 1.77 bits per heavy atom. The molecule has 0 spiro atoms. The van der Waals surface area contributed by atoms with Crippen LogP contribution in [0.2, 0.25) is 18.1 Å². The number of hydrogen-bond donors (Lipinski definition) is 0. The molecule has 10 heteroatoms. The van der Waals surface area contributed by atoms with Gasteiger partial charge in [0.2, 0.25) is 5.75 Å². The number of hydrogen-bond acceptors (Lipinski definition) is 8. The Hall–Kier alpha value is -2.17. The molecule has 1 heterocycles. The van der Waals surface area contributed by atoms with Gasteiger partial charge in [-0.15, -0.1) is 0 Å². The predicted octanol–water partition coefficient (Wildman–Crippen LogP) is 3.53. The van der Waals surface area contributed by atoms with Crippen LogP contribution in [0.25, 0.3) is 0 Å². The molecule has 9 nitrogen and oxygen atoms in total. The van der Waals surface area contributed by atoms with Crippen LogP contribution in [-0.4, -0.2) is 77.7 Å². The fraction of sp³-hybridized carbons (Fsp3) is 0.667. The third-order valence-electron chi connectivity index (χ3n) is 6.12. The topological polar surface area (TPSA) is 94.4 Å². The average Bonchev–Trinajstić information content (AvgIpc) is 2.69. The van der Waals surface area contributed by atoms with Gasteiger partial charge in [0.25, 0.3) is 0 Å². The van der Waals surface area contributed by atoms with Gasteiger partial charge >= 0.3 is 11.7 Å². The van der Waals surface area contributed by atoms with E-state index in [9.17, 15) is 14.9 Å². The number of esters is 1. The molecule has 0 bridgehead atoms. The maximum absolute atomic E-state index is 12.4. The number of piperazine rings is 1. The highest BCUT2D eigenvalue weighted by molar-refractivity contribution is 6.74. The van der Waals surface area contributed by atoms with E-state index < -0.39 is 19.2 Å². The number of methoxy groups -OCH3 is 1. The van der Waals surface area contributed by atoms with Gasteiger partial charge in [-0.3, -0.25) is 10.1 Å². The first kappa shape index (κ1) is 25.1. The van der Waals surface area contributed by atoms with Gasteiger partial charge in [-0.25, -0.2) is 4.79 Å². The van der Waals surface area contributed by atoms with Crippen LogP contribution in [0, 0.1) is 10.1 Å². The Labute approximate surface area is 185 Å². The normalized spacial score (nSPS) is 15.6. The third kappa shape index (κ3) is 6.17. The molecule has 1 saturated heterocycles. The van der Waals surface area contributed by atoms with Crippen molar-refractivity contribution in [2.45, 2.75) is 38.9 Å². The van der Waals surface area contributed by atoms with E-state index in [4.69, 9.17) is 13.9 Å². The van der Waals surface area contributed by atoms with Crippen LogP contribution >= 0.6 is 0 Å². The monoisotopic (exact) mass is 453 g/mol. The fourth-order valence-corrected chi connectivity index (χ4v) is 4.08. The summed E-state index contributed by atoms with van der Waals surface area (Å²) >= 11 is 0. The van der Waals surface area contributed by atoms with Crippen molar-refractivity contribution in [3.8, 4) is 5.75 Å². The zero-order valence-corrected chi connectivity index (χ0v) is 20.7. The number of likely N-dealkylation sites (N-methyl/N-ethyl adjacent to an activating group) is 1. The molecule has 1 fully saturated rings. The summed E-state index contributed by atoms with van der Waals surface area (Å²) < 4.78 is 16.7. The third-order valence-corrected chi connectivity index (χ3v) is 10.7. The zero-order valence-electron chi connectivity index (χ0n) is 19.7. The summed E-state index contributed by atoms with van der Waals surface area (Å²) in [6, 6.07) is 3.09. The Balaban J connectivity index is 2.28. The summed E-state index contributed by atoms with van der Waals surface area (Å²) in [7, 11) is 1.31. The first-order valence-corrected chi connectivity index (χ1v) is 13.4. The number of carbonyl (C=O) groups excluding carboxylic acids is 1. The number of carbonyl (C=O) groups is 1. The molecule has 31 heavy (non-hydrogen) atoms. The van der Waals surface area contributed by atoms with Crippen LogP contribution < -0.4 is 9.64 Å². The largest absolute Gasteiger partial charge is 0.484 e. The first-order valence-electron chi connectivity index (χ1n) is 10.5. The van der Waals surface area contributed by atoms with Gasteiger partial charge in [0.05, 0.1) is 18.6 Å². The molecule has 1 aliphatic rings. The lowest BCUT2D eigenvalue weighted by Gasteiger charge is -2.36. The predicted molar refractivity (Wildman–Crippen MR) is 123 cm³/mol. The lowest BCUT2D eigenvalue weighted by atomic mass is 10.1. The Kier molecular flexibility index (Phi) is 8.07. The molecule has 1 aromatic rings. The summed E-state index contributed by atoms with van der Waals surface area (Å²) in [5.74, 6) is -0.743. The van der Waals surface area contributed by atoms with Crippen LogP contribution in [0.1, 0.15) is 31.1 Å². The van der Waals surface area contributed by atoms with Crippen LogP contribution in [0.15, 0.2) is 12.1 Å². The van der Waals surface area contributed by atoms with Gasteiger partial charge in [-0.2, -0.15) is 0 Å². The van der Waals surface area contributed by atoms with Crippen molar-refractivity contribution in [2.24, 2.45) is 0 Å². The highest BCUT2D eigenvalue weighted by Crippen LogP contribution is 2.38. The van der Waals surface area contributed by atoms with Crippen LogP contribution in [0.3, 0.4) is 0 Å². The second-order valence-corrected chi connectivity index (χ2v) is 14.1. The number of nitro benzene ring substituents is 1.